The molecule has 0 radical (unpaired) electrons. The third-order valence-corrected chi connectivity index (χ3v) is 3.77. The zero-order chi connectivity index (χ0) is 14.4. The molecule has 1 aliphatic rings. The van der Waals surface area contributed by atoms with Crippen molar-refractivity contribution in [2.24, 2.45) is 0 Å². The van der Waals surface area contributed by atoms with Crippen LogP contribution in [-0.4, -0.2) is 44.3 Å². The van der Waals surface area contributed by atoms with Gasteiger partial charge in [-0.15, -0.1) is 0 Å². The highest BCUT2D eigenvalue weighted by Gasteiger charge is 2.25. The molecule has 1 heterocycles. The van der Waals surface area contributed by atoms with Crippen LogP contribution in [0, 0.1) is 11.6 Å². The van der Waals surface area contributed by atoms with Crippen LogP contribution in [0.4, 0.5) is 8.78 Å². The van der Waals surface area contributed by atoms with E-state index in [2.05, 4.69) is 10.2 Å². The van der Waals surface area contributed by atoms with Crippen LogP contribution in [0.25, 0.3) is 0 Å². The first-order valence-corrected chi connectivity index (χ1v) is 7.09. The Morgan fingerprint density at radius 3 is 3.05 bits per heavy atom. The van der Waals surface area contributed by atoms with Crippen LogP contribution >= 0.6 is 0 Å². The van der Waals surface area contributed by atoms with E-state index in [0.717, 1.165) is 38.5 Å². The maximum Gasteiger partial charge on any atom is 0.163 e. The predicted octanol–water partition coefficient (Wildman–Crippen LogP) is 2.17. The third kappa shape index (κ3) is 3.98. The number of rotatable bonds is 7. The van der Waals surface area contributed by atoms with Crippen molar-refractivity contribution in [1.29, 1.82) is 0 Å². The maximum absolute atomic E-state index is 13.7. The van der Waals surface area contributed by atoms with E-state index in [9.17, 15) is 8.78 Å². The van der Waals surface area contributed by atoms with Crippen molar-refractivity contribution < 1.29 is 13.5 Å². The molecular weight excluding hydrogens is 262 g/mol. The monoisotopic (exact) mass is 284 g/mol. The summed E-state index contributed by atoms with van der Waals surface area (Å²) in [6.07, 6.45) is 2.20. The zero-order valence-electron chi connectivity index (χ0n) is 11.9. The van der Waals surface area contributed by atoms with E-state index in [1.807, 2.05) is 0 Å². The third-order valence-electron chi connectivity index (χ3n) is 3.77. The molecule has 1 aromatic rings. The van der Waals surface area contributed by atoms with Crippen LogP contribution in [0.3, 0.4) is 0 Å². The highest BCUT2D eigenvalue weighted by molar-refractivity contribution is 5.19. The van der Waals surface area contributed by atoms with Crippen LogP contribution in [0.2, 0.25) is 0 Å². The van der Waals surface area contributed by atoms with Crippen molar-refractivity contribution in [2.45, 2.75) is 25.4 Å². The second kappa shape index (κ2) is 7.67. The molecule has 0 bridgehead atoms. The topological polar surface area (TPSA) is 24.5 Å². The minimum absolute atomic E-state index is 0.384. The van der Waals surface area contributed by atoms with Gasteiger partial charge in [-0.3, -0.25) is 4.90 Å². The Kier molecular flexibility index (Phi) is 5.88. The van der Waals surface area contributed by atoms with Crippen LogP contribution < -0.4 is 5.32 Å². The molecular formula is C15H22F2N2O. The fourth-order valence-corrected chi connectivity index (χ4v) is 2.67. The molecule has 0 amide bonds. The van der Waals surface area contributed by atoms with Gasteiger partial charge in [0.2, 0.25) is 0 Å². The van der Waals surface area contributed by atoms with Gasteiger partial charge in [-0.25, -0.2) is 8.78 Å². The Labute approximate surface area is 118 Å². The quantitative estimate of drug-likeness (QED) is 0.777. The van der Waals surface area contributed by atoms with Gasteiger partial charge >= 0.3 is 0 Å². The molecule has 0 aliphatic carbocycles. The molecule has 1 aromatic carbocycles. The molecule has 0 spiro atoms. The van der Waals surface area contributed by atoms with Crippen LogP contribution in [0.15, 0.2) is 18.2 Å². The van der Waals surface area contributed by atoms with Gasteiger partial charge in [0.05, 0.1) is 6.61 Å². The number of hydrogen-bond donors (Lipinski definition) is 1. The summed E-state index contributed by atoms with van der Waals surface area (Å²) in [5, 5.41) is 3.34. The van der Waals surface area contributed by atoms with Gasteiger partial charge in [0.1, 0.15) is 0 Å². The number of nitrogens with zero attached hydrogens (tertiary/aromatic N) is 1. The van der Waals surface area contributed by atoms with E-state index >= 15 is 0 Å². The Balaban J connectivity index is 1.89. The maximum atomic E-state index is 13.7. The average Bonchev–Trinajstić information content (AvgIpc) is 2.87. The van der Waals surface area contributed by atoms with Gasteiger partial charge in [-0.2, -0.15) is 0 Å². The Bertz CT molecular complexity index is 428. The van der Waals surface area contributed by atoms with Gasteiger partial charge in [0, 0.05) is 38.3 Å². The van der Waals surface area contributed by atoms with Crippen LogP contribution in [0.5, 0.6) is 0 Å². The summed E-state index contributed by atoms with van der Waals surface area (Å²) >= 11 is 0. The number of likely N-dealkylation sites (tertiary alicyclic amines) is 1. The van der Waals surface area contributed by atoms with E-state index < -0.39 is 11.6 Å². The van der Waals surface area contributed by atoms with Crippen LogP contribution in [-0.2, 0) is 11.3 Å². The molecule has 1 unspecified atom stereocenters. The minimum atomic E-state index is -0.767. The summed E-state index contributed by atoms with van der Waals surface area (Å²) in [5.74, 6) is -1.48. The lowest BCUT2D eigenvalue weighted by atomic mass is 10.1. The second-order valence-electron chi connectivity index (χ2n) is 5.18. The molecule has 1 saturated heterocycles. The largest absolute Gasteiger partial charge is 0.383 e. The van der Waals surface area contributed by atoms with Crippen molar-refractivity contribution in [3.63, 3.8) is 0 Å². The van der Waals surface area contributed by atoms with Gasteiger partial charge in [-0.1, -0.05) is 12.1 Å². The average molecular weight is 284 g/mol. The molecule has 3 nitrogen and oxygen atoms in total. The van der Waals surface area contributed by atoms with Crippen molar-refractivity contribution in [3.8, 4) is 0 Å². The molecule has 1 N–H and O–H groups in total. The first-order valence-electron chi connectivity index (χ1n) is 7.09. The lowest BCUT2D eigenvalue weighted by Gasteiger charge is -2.25. The summed E-state index contributed by atoms with van der Waals surface area (Å²) in [5.41, 5.74) is 0.439. The van der Waals surface area contributed by atoms with Gasteiger partial charge in [0.25, 0.3) is 0 Å². The molecule has 2 rings (SSSR count). The SMILES string of the molecule is COCCNCC1CCCN1Cc1cccc(F)c1F. The van der Waals surface area contributed by atoms with E-state index in [0.29, 0.717) is 24.8 Å². The number of halogens is 2. The number of benzene rings is 1. The molecule has 0 saturated carbocycles. The molecule has 112 valence electrons. The summed E-state index contributed by atoms with van der Waals surface area (Å²) in [6.45, 7) is 3.77. The highest BCUT2D eigenvalue weighted by Crippen LogP contribution is 2.21. The van der Waals surface area contributed by atoms with Gasteiger partial charge < -0.3 is 10.1 Å². The fraction of sp³-hybridized carbons (Fsp3) is 0.600. The lowest BCUT2D eigenvalue weighted by molar-refractivity contribution is 0.190. The van der Waals surface area contributed by atoms with Gasteiger partial charge in [-0.05, 0) is 25.5 Å². The zero-order valence-corrected chi connectivity index (χ0v) is 11.9. The Morgan fingerprint density at radius 1 is 1.40 bits per heavy atom. The molecule has 5 heteroatoms. The standard InChI is InChI=1S/C15H22F2N2O/c1-20-9-7-18-10-13-5-3-8-19(13)11-12-4-2-6-14(16)15(12)17/h2,4,6,13,18H,3,5,7-11H2,1H3. The fourth-order valence-electron chi connectivity index (χ4n) is 2.67. The molecule has 20 heavy (non-hydrogen) atoms. The normalized spacial score (nSPS) is 19.6. The Hall–Kier alpha value is -1.04. The Morgan fingerprint density at radius 2 is 2.25 bits per heavy atom. The van der Waals surface area contributed by atoms with Crippen molar-refractivity contribution in [1.82, 2.24) is 10.2 Å². The minimum Gasteiger partial charge on any atom is -0.383 e. The van der Waals surface area contributed by atoms with E-state index in [1.165, 1.54) is 0 Å². The second-order valence-corrected chi connectivity index (χ2v) is 5.18. The summed E-state index contributed by atoms with van der Waals surface area (Å²) in [6, 6.07) is 4.77. The van der Waals surface area contributed by atoms with Crippen LogP contribution in [0.1, 0.15) is 18.4 Å². The summed E-state index contributed by atoms with van der Waals surface area (Å²) < 4.78 is 31.9. The highest BCUT2D eigenvalue weighted by atomic mass is 19.2. The lowest BCUT2D eigenvalue weighted by Crippen LogP contribution is -2.38. The molecule has 1 aliphatic heterocycles. The number of ether oxygens (including phenoxy) is 1. The summed E-state index contributed by atoms with van der Waals surface area (Å²) in [4.78, 5) is 2.22. The number of hydrogen-bond acceptors (Lipinski definition) is 3. The number of methoxy groups -OCH3 is 1. The number of nitrogens with one attached hydrogen (secondary N) is 1. The van der Waals surface area contributed by atoms with E-state index in [1.54, 1.807) is 19.2 Å². The molecule has 0 aromatic heterocycles. The molecule has 1 atom stereocenters. The molecule has 1 fully saturated rings. The predicted molar refractivity (Wildman–Crippen MR) is 74.5 cm³/mol. The smallest absolute Gasteiger partial charge is 0.163 e. The summed E-state index contributed by atoms with van der Waals surface area (Å²) in [7, 11) is 1.68. The van der Waals surface area contributed by atoms with Crippen molar-refractivity contribution in [2.75, 3.05) is 33.4 Å². The van der Waals surface area contributed by atoms with E-state index in [-0.39, 0.29) is 0 Å². The van der Waals surface area contributed by atoms with Crippen molar-refractivity contribution >= 4 is 0 Å². The first kappa shape index (κ1) is 15.4. The van der Waals surface area contributed by atoms with Gasteiger partial charge in [0.15, 0.2) is 11.6 Å². The van der Waals surface area contributed by atoms with E-state index in [4.69, 9.17) is 4.74 Å². The van der Waals surface area contributed by atoms with Crippen molar-refractivity contribution in [3.05, 3.63) is 35.4 Å². The first-order chi connectivity index (χ1) is 9.72.